The van der Waals surface area contributed by atoms with Crippen molar-refractivity contribution in [2.24, 2.45) is 5.92 Å². The van der Waals surface area contributed by atoms with Crippen LogP contribution in [-0.4, -0.2) is 13.1 Å². The van der Waals surface area contributed by atoms with Crippen molar-refractivity contribution in [3.63, 3.8) is 0 Å². The van der Waals surface area contributed by atoms with Crippen molar-refractivity contribution in [3.05, 3.63) is 23.8 Å². The van der Waals surface area contributed by atoms with Crippen LogP contribution in [0, 0.1) is 5.92 Å². The largest absolute Gasteiger partial charge is 0.317 e. The maximum absolute atomic E-state index is 3.37. The molecule has 94 valence electrons. The van der Waals surface area contributed by atoms with E-state index in [-0.39, 0.29) is 0 Å². The lowest BCUT2D eigenvalue weighted by atomic mass is 9.99. The molecular weight excluding hydrogens is 194 g/mol. The first-order valence-electron chi connectivity index (χ1n) is 6.67. The minimum atomic E-state index is 0.856. The van der Waals surface area contributed by atoms with Gasteiger partial charge >= 0.3 is 0 Å². The molecule has 0 aromatic carbocycles. The van der Waals surface area contributed by atoms with Crippen LogP contribution in [0.15, 0.2) is 23.8 Å². The van der Waals surface area contributed by atoms with Crippen LogP contribution in [0.5, 0.6) is 0 Å². The van der Waals surface area contributed by atoms with E-state index >= 15 is 0 Å². The van der Waals surface area contributed by atoms with Crippen molar-refractivity contribution < 1.29 is 0 Å². The number of nitrogens with one attached hydrogen (secondary N) is 1. The van der Waals surface area contributed by atoms with Crippen molar-refractivity contribution in [2.45, 2.75) is 53.4 Å². The topological polar surface area (TPSA) is 12.0 Å². The van der Waals surface area contributed by atoms with Gasteiger partial charge in [0.1, 0.15) is 0 Å². The van der Waals surface area contributed by atoms with E-state index in [2.05, 4.69) is 51.2 Å². The third-order valence-electron chi connectivity index (χ3n) is 2.69. The monoisotopic (exact) mass is 223 g/mol. The SMILES string of the molecule is CCNCCCC(C)CC/C=C/C=C(C)C. The molecule has 0 radical (unpaired) electrons. The summed E-state index contributed by atoms with van der Waals surface area (Å²) in [7, 11) is 0. The van der Waals surface area contributed by atoms with Crippen LogP contribution in [-0.2, 0) is 0 Å². The third-order valence-corrected chi connectivity index (χ3v) is 2.69. The third kappa shape index (κ3) is 11.5. The van der Waals surface area contributed by atoms with Crippen LogP contribution in [0.3, 0.4) is 0 Å². The predicted molar refractivity (Wildman–Crippen MR) is 74.7 cm³/mol. The van der Waals surface area contributed by atoms with Gasteiger partial charge < -0.3 is 5.32 Å². The van der Waals surface area contributed by atoms with Gasteiger partial charge in [-0.15, -0.1) is 0 Å². The van der Waals surface area contributed by atoms with Gasteiger partial charge in [0.05, 0.1) is 0 Å². The van der Waals surface area contributed by atoms with E-state index < -0.39 is 0 Å². The quantitative estimate of drug-likeness (QED) is 0.453. The molecule has 0 aliphatic rings. The average molecular weight is 223 g/mol. The zero-order valence-corrected chi connectivity index (χ0v) is 11.6. The van der Waals surface area contributed by atoms with Gasteiger partial charge in [-0.2, -0.15) is 0 Å². The standard InChI is InChI=1S/C15H29N/c1-5-16-13-9-12-15(4)11-8-6-7-10-14(2)3/h6-7,10,15-16H,5,8-9,11-13H2,1-4H3/b7-6+. The van der Waals surface area contributed by atoms with Gasteiger partial charge in [-0.05, 0) is 58.5 Å². The van der Waals surface area contributed by atoms with E-state index in [0.29, 0.717) is 0 Å². The molecule has 0 aliphatic carbocycles. The minimum Gasteiger partial charge on any atom is -0.317 e. The molecule has 0 aromatic heterocycles. The Morgan fingerprint density at radius 2 is 2.00 bits per heavy atom. The molecule has 1 heteroatoms. The number of rotatable bonds is 9. The molecular formula is C15H29N. The fraction of sp³-hybridized carbons (Fsp3) is 0.733. The van der Waals surface area contributed by atoms with Crippen molar-refractivity contribution in [3.8, 4) is 0 Å². The van der Waals surface area contributed by atoms with Crippen LogP contribution in [0.25, 0.3) is 0 Å². The predicted octanol–water partition coefficient (Wildman–Crippen LogP) is 4.31. The Labute approximate surface area is 102 Å². The fourth-order valence-electron chi connectivity index (χ4n) is 1.63. The number of hydrogen-bond donors (Lipinski definition) is 1. The molecule has 0 aliphatic heterocycles. The first-order chi connectivity index (χ1) is 7.66. The Morgan fingerprint density at radius 1 is 1.25 bits per heavy atom. The van der Waals surface area contributed by atoms with E-state index in [1.165, 1.54) is 37.8 Å². The van der Waals surface area contributed by atoms with E-state index in [4.69, 9.17) is 0 Å². The molecule has 0 amide bonds. The molecule has 0 saturated heterocycles. The van der Waals surface area contributed by atoms with Gasteiger partial charge in [-0.3, -0.25) is 0 Å². The number of hydrogen-bond acceptors (Lipinski definition) is 1. The molecule has 1 unspecified atom stereocenters. The molecule has 0 heterocycles. The zero-order chi connectivity index (χ0) is 12.2. The summed E-state index contributed by atoms with van der Waals surface area (Å²) in [5, 5.41) is 3.37. The van der Waals surface area contributed by atoms with E-state index in [1.807, 2.05) is 0 Å². The summed E-state index contributed by atoms with van der Waals surface area (Å²) in [5.41, 5.74) is 1.37. The van der Waals surface area contributed by atoms with Gasteiger partial charge in [-0.25, -0.2) is 0 Å². The highest BCUT2D eigenvalue weighted by Gasteiger charge is 1.99. The van der Waals surface area contributed by atoms with E-state index in [9.17, 15) is 0 Å². The van der Waals surface area contributed by atoms with Crippen molar-refractivity contribution in [2.75, 3.05) is 13.1 Å². The molecule has 0 spiro atoms. The second-order valence-corrected chi connectivity index (χ2v) is 4.85. The molecule has 0 aromatic rings. The Bertz CT molecular complexity index is 199. The van der Waals surface area contributed by atoms with Gasteiger partial charge in [0.25, 0.3) is 0 Å². The maximum atomic E-state index is 3.37. The fourth-order valence-corrected chi connectivity index (χ4v) is 1.63. The van der Waals surface area contributed by atoms with E-state index in [1.54, 1.807) is 0 Å². The summed E-state index contributed by atoms with van der Waals surface area (Å²) in [6.07, 6.45) is 11.8. The van der Waals surface area contributed by atoms with Crippen LogP contribution < -0.4 is 5.32 Å². The second kappa shape index (κ2) is 10.9. The molecule has 16 heavy (non-hydrogen) atoms. The highest BCUT2D eigenvalue weighted by molar-refractivity contribution is 5.07. The molecule has 0 fully saturated rings. The Hall–Kier alpha value is -0.560. The molecule has 1 atom stereocenters. The number of allylic oxidation sites excluding steroid dienone is 4. The Kier molecular flexibility index (Phi) is 10.6. The van der Waals surface area contributed by atoms with Crippen LogP contribution in [0.4, 0.5) is 0 Å². The lowest BCUT2D eigenvalue weighted by molar-refractivity contribution is 0.469. The van der Waals surface area contributed by atoms with Crippen LogP contribution in [0.1, 0.15) is 53.4 Å². The van der Waals surface area contributed by atoms with Crippen molar-refractivity contribution in [1.82, 2.24) is 5.32 Å². The van der Waals surface area contributed by atoms with Crippen LogP contribution >= 0.6 is 0 Å². The van der Waals surface area contributed by atoms with Crippen molar-refractivity contribution in [1.29, 1.82) is 0 Å². The highest BCUT2D eigenvalue weighted by atomic mass is 14.8. The molecule has 1 N–H and O–H groups in total. The summed E-state index contributed by atoms with van der Waals surface area (Å²) in [6, 6.07) is 0. The van der Waals surface area contributed by atoms with E-state index in [0.717, 1.165) is 12.5 Å². The smallest absolute Gasteiger partial charge is 0.00489 e. The molecule has 0 rings (SSSR count). The van der Waals surface area contributed by atoms with Crippen LogP contribution in [0.2, 0.25) is 0 Å². The van der Waals surface area contributed by atoms with Crippen molar-refractivity contribution >= 4 is 0 Å². The maximum Gasteiger partial charge on any atom is -0.00489 e. The summed E-state index contributed by atoms with van der Waals surface area (Å²) in [6.45, 7) is 11.1. The first-order valence-corrected chi connectivity index (χ1v) is 6.67. The summed E-state index contributed by atoms with van der Waals surface area (Å²) in [4.78, 5) is 0. The normalized spacial score (nSPS) is 13.0. The molecule has 1 nitrogen and oxygen atoms in total. The van der Waals surface area contributed by atoms with Gasteiger partial charge in [0.15, 0.2) is 0 Å². The van der Waals surface area contributed by atoms with Gasteiger partial charge in [0, 0.05) is 0 Å². The minimum absolute atomic E-state index is 0.856. The first kappa shape index (κ1) is 15.4. The highest BCUT2D eigenvalue weighted by Crippen LogP contribution is 2.12. The zero-order valence-electron chi connectivity index (χ0n) is 11.6. The lowest BCUT2D eigenvalue weighted by Gasteiger charge is -2.09. The second-order valence-electron chi connectivity index (χ2n) is 4.85. The average Bonchev–Trinajstić information content (AvgIpc) is 2.23. The summed E-state index contributed by atoms with van der Waals surface area (Å²) < 4.78 is 0. The molecule has 0 saturated carbocycles. The summed E-state index contributed by atoms with van der Waals surface area (Å²) >= 11 is 0. The Balaban J connectivity index is 3.39. The summed E-state index contributed by atoms with van der Waals surface area (Å²) in [5.74, 6) is 0.856. The van der Waals surface area contributed by atoms with Gasteiger partial charge in [0.2, 0.25) is 0 Å². The lowest BCUT2D eigenvalue weighted by Crippen LogP contribution is -2.14. The van der Waals surface area contributed by atoms with Gasteiger partial charge in [-0.1, -0.05) is 37.6 Å². The molecule has 0 bridgehead atoms. The Morgan fingerprint density at radius 3 is 2.62 bits per heavy atom.